The van der Waals surface area contributed by atoms with Crippen LogP contribution in [0.4, 0.5) is 24.8 Å². The number of alkyl halides is 3. The van der Waals surface area contributed by atoms with Gasteiger partial charge in [0.1, 0.15) is 11.6 Å². The summed E-state index contributed by atoms with van der Waals surface area (Å²) in [4.78, 5) is 8.48. The number of nitrogens with one attached hydrogen (secondary N) is 1. The van der Waals surface area contributed by atoms with E-state index in [1.165, 1.54) is 6.07 Å². The Balaban J connectivity index is 2.37. The summed E-state index contributed by atoms with van der Waals surface area (Å²) >= 11 is 0. The minimum Gasteiger partial charge on any atom is -0.394 e. The number of nitrogens with two attached hydrogens (primary N) is 1. The summed E-state index contributed by atoms with van der Waals surface area (Å²) in [7, 11) is 0. The lowest BCUT2D eigenvalue weighted by atomic mass is 10.2. The molecule has 0 saturated carbocycles. The fourth-order valence-electron chi connectivity index (χ4n) is 2.03. The number of ether oxygens (including phenoxy) is 1. The van der Waals surface area contributed by atoms with E-state index in [0.717, 1.165) is 0 Å². The summed E-state index contributed by atoms with van der Waals surface area (Å²) in [5.74, 6) is 3.84. The summed E-state index contributed by atoms with van der Waals surface area (Å²) < 4.78 is 43.8. The lowest BCUT2D eigenvalue weighted by Gasteiger charge is -2.38. The zero-order valence-electron chi connectivity index (χ0n) is 11.3. The van der Waals surface area contributed by atoms with E-state index in [1.54, 1.807) is 11.8 Å². The number of anilines is 2. The molecule has 0 bridgehead atoms. The van der Waals surface area contributed by atoms with Crippen LogP contribution in [-0.2, 0) is 10.9 Å². The van der Waals surface area contributed by atoms with Crippen molar-refractivity contribution in [1.82, 2.24) is 9.97 Å². The van der Waals surface area contributed by atoms with E-state index >= 15 is 0 Å². The normalized spacial score (nSPS) is 23.2. The molecule has 2 atom stereocenters. The highest BCUT2D eigenvalue weighted by Gasteiger charge is 2.37. The SMILES string of the molecule is CC1COC(CO)CN1c1cc(NN)nc(C(F)(F)F)n1. The molecule has 0 spiro atoms. The molecule has 21 heavy (non-hydrogen) atoms. The molecule has 0 amide bonds. The van der Waals surface area contributed by atoms with Crippen LogP contribution in [0.25, 0.3) is 0 Å². The van der Waals surface area contributed by atoms with Crippen molar-refractivity contribution in [2.45, 2.75) is 25.2 Å². The smallest absolute Gasteiger partial charge is 0.394 e. The lowest BCUT2D eigenvalue weighted by molar-refractivity contribution is -0.144. The average Bonchev–Trinajstić information content (AvgIpc) is 2.46. The zero-order valence-corrected chi connectivity index (χ0v) is 11.3. The maximum atomic E-state index is 12.8. The molecule has 1 aliphatic rings. The number of halogens is 3. The third kappa shape index (κ3) is 3.52. The van der Waals surface area contributed by atoms with Crippen LogP contribution in [0.15, 0.2) is 6.07 Å². The fourth-order valence-corrected chi connectivity index (χ4v) is 2.03. The van der Waals surface area contributed by atoms with Gasteiger partial charge >= 0.3 is 6.18 Å². The zero-order chi connectivity index (χ0) is 15.6. The number of rotatable bonds is 3. The van der Waals surface area contributed by atoms with E-state index in [0.29, 0.717) is 0 Å². The molecule has 2 heterocycles. The van der Waals surface area contributed by atoms with Crippen LogP contribution < -0.4 is 16.2 Å². The van der Waals surface area contributed by atoms with Crippen molar-refractivity contribution in [3.63, 3.8) is 0 Å². The van der Waals surface area contributed by atoms with Crippen LogP contribution in [0.1, 0.15) is 12.7 Å². The second-order valence-electron chi connectivity index (χ2n) is 4.72. The van der Waals surface area contributed by atoms with Crippen molar-refractivity contribution in [3.8, 4) is 0 Å². The molecule has 1 saturated heterocycles. The van der Waals surface area contributed by atoms with Crippen molar-refractivity contribution in [2.75, 3.05) is 30.1 Å². The van der Waals surface area contributed by atoms with Gasteiger partial charge in [0.2, 0.25) is 5.82 Å². The Morgan fingerprint density at radius 3 is 2.81 bits per heavy atom. The highest BCUT2D eigenvalue weighted by atomic mass is 19.4. The molecule has 0 radical (unpaired) electrons. The van der Waals surface area contributed by atoms with Crippen LogP contribution in [-0.4, -0.2) is 47.0 Å². The monoisotopic (exact) mass is 307 g/mol. The van der Waals surface area contributed by atoms with Crippen LogP contribution >= 0.6 is 0 Å². The van der Waals surface area contributed by atoms with Gasteiger partial charge in [0, 0.05) is 12.6 Å². The van der Waals surface area contributed by atoms with E-state index < -0.39 is 18.1 Å². The van der Waals surface area contributed by atoms with Crippen molar-refractivity contribution < 1.29 is 23.0 Å². The largest absolute Gasteiger partial charge is 0.451 e. The Labute approximate surface area is 118 Å². The standard InChI is InChI=1S/C11H16F3N5O2/c1-6-5-21-7(4-20)3-19(6)9-2-8(18-15)16-10(17-9)11(12,13)14/h2,6-7,20H,3-5,15H2,1H3,(H,16,17,18). The number of hydrogen-bond acceptors (Lipinski definition) is 7. The molecule has 2 rings (SSSR count). The Hall–Kier alpha value is -1.65. The van der Waals surface area contributed by atoms with Gasteiger partial charge in [0.15, 0.2) is 0 Å². The molecule has 0 aliphatic carbocycles. The molecule has 118 valence electrons. The highest BCUT2D eigenvalue weighted by molar-refractivity contribution is 5.50. The first-order chi connectivity index (χ1) is 9.85. The molecule has 1 aromatic rings. The Morgan fingerprint density at radius 1 is 1.52 bits per heavy atom. The van der Waals surface area contributed by atoms with Gasteiger partial charge in [-0.3, -0.25) is 0 Å². The summed E-state index contributed by atoms with van der Waals surface area (Å²) in [6, 6.07) is 1.14. The molecule has 1 aromatic heterocycles. The molecule has 2 unspecified atom stereocenters. The Kier molecular flexibility index (Phi) is 4.49. The lowest BCUT2D eigenvalue weighted by Crippen LogP contribution is -2.50. The molecule has 0 aromatic carbocycles. The second kappa shape index (κ2) is 6.00. The molecular formula is C11H16F3N5O2. The van der Waals surface area contributed by atoms with Crippen LogP contribution in [0.5, 0.6) is 0 Å². The van der Waals surface area contributed by atoms with Gasteiger partial charge in [-0.05, 0) is 6.92 Å². The fraction of sp³-hybridized carbons (Fsp3) is 0.636. The number of aliphatic hydroxyl groups is 1. The van der Waals surface area contributed by atoms with E-state index in [4.69, 9.17) is 15.7 Å². The van der Waals surface area contributed by atoms with Crippen molar-refractivity contribution in [2.24, 2.45) is 5.84 Å². The maximum Gasteiger partial charge on any atom is 0.451 e. The van der Waals surface area contributed by atoms with Crippen LogP contribution in [0.3, 0.4) is 0 Å². The molecule has 7 nitrogen and oxygen atoms in total. The number of aliphatic hydroxyl groups excluding tert-OH is 1. The summed E-state index contributed by atoms with van der Waals surface area (Å²) in [6.45, 7) is 2.08. The van der Waals surface area contributed by atoms with Gasteiger partial charge in [-0.25, -0.2) is 15.8 Å². The van der Waals surface area contributed by atoms with Crippen LogP contribution in [0, 0.1) is 0 Å². The van der Waals surface area contributed by atoms with Gasteiger partial charge in [-0.15, -0.1) is 0 Å². The highest BCUT2D eigenvalue weighted by Crippen LogP contribution is 2.30. The quantitative estimate of drug-likeness (QED) is 0.548. The first-order valence-corrected chi connectivity index (χ1v) is 6.27. The number of hydrogen-bond donors (Lipinski definition) is 3. The van der Waals surface area contributed by atoms with Crippen molar-refractivity contribution in [1.29, 1.82) is 0 Å². The van der Waals surface area contributed by atoms with E-state index in [9.17, 15) is 13.2 Å². The van der Waals surface area contributed by atoms with Gasteiger partial charge in [0.05, 0.1) is 25.4 Å². The minimum absolute atomic E-state index is 0.0829. The van der Waals surface area contributed by atoms with Crippen molar-refractivity contribution in [3.05, 3.63) is 11.9 Å². The predicted molar refractivity (Wildman–Crippen MR) is 68.5 cm³/mol. The van der Waals surface area contributed by atoms with E-state index in [-0.39, 0.29) is 37.4 Å². The molecule has 1 fully saturated rings. The van der Waals surface area contributed by atoms with Crippen molar-refractivity contribution >= 4 is 11.6 Å². The molecular weight excluding hydrogens is 291 g/mol. The number of hydrazine groups is 1. The van der Waals surface area contributed by atoms with Gasteiger partial charge in [0.25, 0.3) is 0 Å². The van der Waals surface area contributed by atoms with Gasteiger partial charge in [-0.1, -0.05) is 0 Å². The number of nitrogen functional groups attached to an aromatic ring is 1. The van der Waals surface area contributed by atoms with Gasteiger partial charge in [-0.2, -0.15) is 13.2 Å². The summed E-state index contributed by atoms with van der Waals surface area (Å²) in [5, 5.41) is 9.13. The first kappa shape index (κ1) is 15.7. The second-order valence-corrected chi connectivity index (χ2v) is 4.72. The maximum absolute atomic E-state index is 12.8. The molecule has 4 N–H and O–H groups in total. The van der Waals surface area contributed by atoms with E-state index in [2.05, 4.69) is 15.4 Å². The molecule has 10 heteroatoms. The van der Waals surface area contributed by atoms with Crippen LogP contribution in [0.2, 0.25) is 0 Å². The summed E-state index contributed by atoms with van der Waals surface area (Å²) in [5.41, 5.74) is 2.10. The number of morpholine rings is 1. The summed E-state index contributed by atoms with van der Waals surface area (Å²) in [6.07, 6.45) is -5.15. The van der Waals surface area contributed by atoms with E-state index in [1.807, 2.05) is 0 Å². The average molecular weight is 307 g/mol. The number of aromatic nitrogens is 2. The Bertz CT molecular complexity index is 499. The third-order valence-corrected chi connectivity index (χ3v) is 3.12. The minimum atomic E-state index is -4.67. The number of nitrogens with zero attached hydrogens (tertiary/aromatic N) is 3. The first-order valence-electron chi connectivity index (χ1n) is 6.27. The topological polar surface area (TPSA) is 96.5 Å². The Morgan fingerprint density at radius 2 is 2.24 bits per heavy atom. The molecule has 1 aliphatic heterocycles. The predicted octanol–water partition coefficient (Wildman–Crippen LogP) is 0.367. The third-order valence-electron chi connectivity index (χ3n) is 3.12. The van der Waals surface area contributed by atoms with Gasteiger partial charge < -0.3 is 20.2 Å².